The van der Waals surface area contributed by atoms with Gasteiger partial charge < -0.3 is 9.63 Å². The van der Waals surface area contributed by atoms with Crippen LogP contribution >= 0.6 is 0 Å². The Hall–Kier alpha value is -2.25. The summed E-state index contributed by atoms with van der Waals surface area (Å²) in [5.74, 6) is 0.267. The van der Waals surface area contributed by atoms with Crippen LogP contribution in [-0.4, -0.2) is 44.4 Å². The van der Waals surface area contributed by atoms with Crippen molar-refractivity contribution < 1.29 is 19.2 Å². The number of carboxylic acids is 1. The van der Waals surface area contributed by atoms with Gasteiger partial charge in [-0.05, 0) is 12.8 Å². The molecule has 0 saturated heterocycles. The SMILES string of the molecule is O=C(O)CCN1N=C(c2nc(C3CC3)no2)CCC1=O. The first-order valence-electron chi connectivity index (χ1n) is 6.57. The van der Waals surface area contributed by atoms with Crippen molar-refractivity contribution in [2.45, 2.75) is 38.0 Å². The molecule has 1 amide bonds. The predicted molar refractivity (Wildman–Crippen MR) is 66.0 cm³/mol. The summed E-state index contributed by atoms with van der Waals surface area (Å²) in [6.45, 7) is 0.0568. The lowest BCUT2D eigenvalue weighted by Crippen LogP contribution is -2.33. The summed E-state index contributed by atoms with van der Waals surface area (Å²) in [5, 5.41) is 17.9. The van der Waals surface area contributed by atoms with Crippen molar-refractivity contribution in [2.75, 3.05) is 6.54 Å². The van der Waals surface area contributed by atoms with Crippen LogP contribution in [0.15, 0.2) is 9.62 Å². The van der Waals surface area contributed by atoms with Gasteiger partial charge in [-0.15, -0.1) is 0 Å². The van der Waals surface area contributed by atoms with E-state index in [2.05, 4.69) is 15.2 Å². The third kappa shape index (κ3) is 2.68. The van der Waals surface area contributed by atoms with E-state index in [0.717, 1.165) is 12.8 Å². The number of amides is 1. The van der Waals surface area contributed by atoms with Crippen LogP contribution in [0.2, 0.25) is 0 Å². The molecule has 0 aromatic carbocycles. The van der Waals surface area contributed by atoms with Crippen LogP contribution in [0.4, 0.5) is 0 Å². The lowest BCUT2D eigenvalue weighted by Gasteiger charge is -2.21. The van der Waals surface area contributed by atoms with Crippen LogP contribution < -0.4 is 0 Å². The van der Waals surface area contributed by atoms with Crippen molar-refractivity contribution in [3.8, 4) is 0 Å². The zero-order valence-corrected chi connectivity index (χ0v) is 10.8. The second kappa shape index (κ2) is 5.03. The van der Waals surface area contributed by atoms with Gasteiger partial charge in [0, 0.05) is 18.8 Å². The Balaban J connectivity index is 1.75. The number of hydrogen-bond acceptors (Lipinski definition) is 6. The van der Waals surface area contributed by atoms with E-state index in [1.807, 2.05) is 0 Å². The Bertz CT molecular complexity index is 576. The van der Waals surface area contributed by atoms with E-state index in [0.29, 0.717) is 29.8 Å². The quantitative estimate of drug-likeness (QED) is 0.851. The summed E-state index contributed by atoms with van der Waals surface area (Å²) < 4.78 is 5.17. The highest BCUT2D eigenvalue weighted by Gasteiger charge is 2.31. The van der Waals surface area contributed by atoms with Gasteiger partial charge in [-0.3, -0.25) is 9.59 Å². The van der Waals surface area contributed by atoms with E-state index in [1.54, 1.807) is 0 Å². The van der Waals surface area contributed by atoms with Gasteiger partial charge in [-0.25, -0.2) is 5.01 Å². The molecule has 0 unspecified atom stereocenters. The maximum absolute atomic E-state index is 11.7. The normalized spacial score (nSPS) is 19.1. The summed E-state index contributed by atoms with van der Waals surface area (Å²) in [6.07, 6.45) is 2.73. The van der Waals surface area contributed by atoms with Gasteiger partial charge in [0.2, 0.25) is 5.91 Å². The first kappa shape index (κ1) is 12.8. The van der Waals surface area contributed by atoms with Gasteiger partial charge in [0.15, 0.2) is 5.82 Å². The largest absolute Gasteiger partial charge is 0.481 e. The molecule has 8 heteroatoms. The van der Waals surface area contributed by atoms with E-state index in [4.69, 9.17) is 9.63 Å². The molecule has 0 spiro atoms. The Morgan fingerprint density at radius 2 is 2.20 bits per heavy atom. The molecule has 20 heavy (non-hydrogen) atoms. The monoisotopic (exact) mass is 278 g/mol. The highest BCUT2D eigenvalue weighted by molar-refractivity contribution is 6.01. The molecule has 1 aliphatic heterocycles. The maximum Gasteiger partial charge on any atom is 0.305 e. The van der Waals surface area contributed by atoms with E-state index in [-0.39, 0.29) is 25.3 Å². The van der Waals surface area contributed by atoms with Crippen LogP contribution in [0.1, 0.15) is 49.7 Å². The van der Waals surface area contributed by atoms with Crippen LogP contribution in [0.25, 0.3) is 0 Å². The number of aliphatic carboxylic acids is 1. The Morgan fingerprint density at radius 1 is 1.40 bits per heavy atom. The van der Waals surface area contributed by atoms with E-state index in [9.17, 15) is 9.59 Å². The second-order valence-electron chi connectivity index (χ2n) is 4.94. The molecule has 0 radical (unpaired) electrons. The minimum atomic E-state index is -0.964. The van der Waals surface area contributed by atoms with E-state index < -0.39 is 5.97 Å². The number of nitrogens with zero attached hydrogens (tertiary/aromatic N) is 4. The number of carbonyl (C=O) groups is 2. The third-order valence-electron chi connectivity index (χ3n) is 3.27. The van der Waals surface area contributed by atoms with E-state index in [1.165, 1.54) is 5.01 Å². The number of carboxylic acid groups (broad SMARTS) is 1. The van der Waals surface area contributed by atoms with Crippen molar-refractivity contribution in [1.29, 1.82) is 0 Å². The minimum Gasteiger partial charge on any atom is -0.481 e. The fourth-order valence-electron chi connectivity index (χ4n) is 1.99. The first-order chi connectivity index (χ1) is 9.63. The molecule has 3 rings (SSSR count). The number of rotatable bonds is 5. The second-order valence-corrected chi connectivity index (χ2v) is 4.94. The molecule has 8 nitrogen and oxygen atoms in total. The number of aromatic nitrogens is 2. The summed E-state index contributed by atoms with van der Waals surface area (Å²) >= 11 is 0. The molecule has 2 heterocycles. The standard InChI is InChI=1S/C12H14N4O4/c17-9-4-3-8(14-16(9)6-5-10(18)19)12-13-11(15-20-12)7-1-2-7/h7H,1-6H2,(H,18,19). The molecule has 1 N–H and O–H groups in total. The molecule has 2 aliphatic rings. The lowest BCUT2D eigenvalue weighted by molar-refractivity contribution is -0.138. The molecule has 1 aromatic heterocycles. The number of hydrazone groups is 1. The van der Waals surface area contributed by atoms with Crippen LogP contribution in [-0.2, 0) is 9.59 Å². The van der Waals surface area contributed by atoms with Gasteiger partial charge in [-0.1, -0.05) is 5.16 Å². The summed E-state index contributed by atoms with van der Waals surface area (Å²) in [7, 11) is 0. The fourth-order valence-corrected chi connectivity index (χ4v) is 1.99. The average molecular weight is 278 g/mol. The summed E-state index contributed by atoms with van der Waals surface area (Å²) in [4.78, 5) is 26.5. The Labute approximate surface area is 114 Å². The number of hydrogen-bond donors (Lipinski definition) is 1. The van der Waals surface area contributed by atoms with Crippen LogP contribution in [0.5, 0.6) is 0 Å². The molecule has 1 aliphatic carbocycles. The molecular weight excluding hydrogens is 264 g/mol. The van der Waals surface area contributed by atoms with Crippen molar-refractivity contribution in [1.82, 2.24) is 15.1 Å². The highest BCUT2D eigenvalue weighted by atomic mass is 16.5. The smallest absolute Gasteiger partial charge is 0.305 e. The van der Waals surface area contributed by atoms with Gasteiger partial charge in [-0.2, -0.15) is 10.1 Å². The molecule has 1 saturated carbocycles. The van der Waals surface area contributed by atoms with Gasteiger partial charge in [0.1, 0.15) is 5.71 Å². The summed E-state index contributed by atoms with van der Waals surface area (Å²) in [5.41, 5.74) is 0.550. The number of carbonyl (C=O) groups excluding carboxylic acids is 1. The molecule has 0 bridgehead atoms. The molecule has 1 fully saturated rings. The fraction of sp³-hybridized carbons (Fsp3) is 0.583. The molecular formula is C12H14N4O4. The van der Waals surface area contributed by atoms with Crippen molar-refractivity contribution in [3.63, 3.8) is 0 Å². The van der Waals surface area contributed by atoms with Crippen LogP contribution in [0, 0.1) is 0 Å². The van der Waals surface area contributed by atoms with Crippen molar-refractivity contribution in [2.24, 2.45) is 5.10 Å². The molecule has 1 aromatic rings. The van der Waals surface area contributed by atoms with Crippen molar-refractivity contribution >= 4 is 17.6 Å². The van der Waals surface area contributed by atoms with Crippen LogP contribution in [0.3, 0.4) is 0 Å². The lowest BCUT2D eigenvalue weighted by atomic mass is 10.1. The maximum atomic E-state index is 11.7. The van der Waals surface area contributed by atoms with Gasteiger partial charge >= 0.3 is 5.97 Å². The minimum absolute atomic E-state index is 0.0568. The van der Waals surface area contributed by atoms with Gasteiger partial charge in [0.25, 0.3) is 5.89 Å². The zero-order chi connectivity index (χ0) is 14.1. The van der Waals surface area contributed by atoms with Gasteiger partial charge in [0.05, 0.1) is 13.0 Å². The zero-order valence-electron chi connectivity index (χ0n) is 10.8. The Morgan fingerprint density at radius 3 is 2.90 bits per heavy atom. The molecule has 0 atom stereocenters. The topological polar surface area (TPSA) is 109 Å². The first-order valence-corrected chi connectivity index (χ1v) is 6.57. The summed E-state index contributed by atoms with van der Waals surface area (Å²) in [6, 6.07) is 0. The van der Waals surface area contributed by atoms with Crippen molar-refractivity contribution in [3.05, 3.63) is 11.7 Å². The van der Waals surface area contributed by atoms with E-state index >= 15 is 0 Å². The third-order valence-corrected chi connectivity index (χ3v) is 3.27. The average Bonchev–Trinajstić information content (AvgIpc) is 3.16. The molecule has 106 valence electrons. The predicted octanol–water partition coefficient (Wildman–Crippen LogP) is 0.748. The highest BCUT2D eigenvalue weighted by Crippen LogP contribution is 2.38. The Kier molecular flexibility index (Phi) is 3.21.